The molecule has 0 aliphatic heterocycles. The molecule has 2 amide bonds. The van der Waals surface area contributed by atoms with E-state index in [0.29, 0.717) is 0 Å². The average molecular weight is 466 g/mol. The van der Waals surface area contributed by atoms with Crippen LogP contribution in [0.3, 0.4) is 0 Å². The van der Waals surface area contributed by atoms with Gasteiger partial charge in [-0.2, -0.15) is 0 Å². The third-order valence-corrected chi connectivity index (χ3v) is 4.59. The molecule has 0 aliphatic carbocycles. The Kier molecular flexibility index (Phi) is 6.47. The van der Waals surface area contributed by atoms with Crippen molar-refractivity contribution in [2.24, 2.45) is 0 Å². The number of hydrogen-bond donors (Lipinski definition) is 2. The molecule has 0 fully saturated rings. The molecule has 0 bridgehead atoms. The van der Waals surface area contributed by atoms with Gasteiger partial charge in [-0.15, -0.1) is 0 Å². The Hall–Kier alpha value is -3.56. The van der Waals surface area contributed by atoms with E-state index in [1.54, 1.807) is 0 Å². The molecule has 3 aromatic carbocycles. The predicted molar refractivity (Wildman–Crippen MR) is 112 cm³/mol. The minimum atomic E-state index is -0.787. The van der Waals surface area contributed by atoms with Crippen LogP contribution in [-0.4, -0.2) is 16.7 Å². The van der Waals surface area contributed by atoms with Crippen molar-refractivity contribution in [1.29, 1.82) is 0 Å². The largest absolute Gasteiger partial charge is 0.322 e. The average Bonchev–Trinajstić information content (AvgIpc) is 2.73. The molecule has 0 saturated heterocycles. The number of non-ortho nitro benzene ring substituents is 1. The van der Waals surface area contributed by atoms with Gasteiger partial charge in [0.15, 0.2) is 0 Å². The molecule has 7 nitrogen and oxygen atoms in total. The fraction of sp³-hybridized carbons (Fsp3) is 0. The number of nitro groups is 1. The fourth-order valence-corrected chi connectivity index (χ4v) is 2.89. The number of nitrogens with zero attached hydrogens (tertiary/aromatic N) is 1. The molecule has 2 N–H and O–H groups in total. The van der Waals surface area contributed by atoms with Crippen molar-refractivity contribution in [3.05, 3.63) is 97.5 Å². The molecular formula is C20H11Cl2F2N3O4. The van der Waals surface area contributed by atoms with Gasteiger partial charge in [-0.3, -0.25) is 19.7 Å². The molecule has 0 unspecified atom stereocenters. The van der Waals surface area contributed by atoms with E-state index in [0.717, 1.165) is 42.5 Å². The normalized spacial score (nSPS) is 10.5. The van der Waals surface area contributed by atoms with Crippen molar-refractivity contribution < 1.29 is 23.3 Å². The van der Waals surface area contributed by atoms with Crippen molar-refractivity contribution in [1.82, 2.24) is 0 Å². The number of rotatable bonds is 5. The van der Waals surface area contributed by atoms with Crippen molar-refractivity contribution >= 4 is 52.1 Å². The van der Waals surface area contributed by atoms with Crippen LogP contribution in [0.2, 0.25) is 10.0 Å². The van der Waals surface area contributed by atoms with Gasteiger partial charge in [-0.1, -0.05) is 23.2 Å². The molecule has 0 radical (unpaired) electrons. The summed E-state index contributed by atoms with van der Waals surface area (Å²) in [5.74, 6) is -2.94. The molecule has 0 aromatic heterocycles. The maximum absolute atomic E-state index is 13.3. The third-order valence-electron chi connectivity index (χ3n) is 4.01. The maximum atomic E-state index is 13.3. The predicted octanol–water partition coefficient (Wildman–Crippen LogP) is 5.68. The highest BCUT2D eigenvalue weighted by atomic mass is 35.5. The van der Waals surface area contributed by atoms with Crippen molar-refractivity contribution in [3.63, 3.8) is 0 Å². The Morgan fingerprint density at radius 2 is 1.19 bits per heavy atom. The zero-order valence-electron chi connectivity index (χ0n) is 15.3. The molecule has 158 valence electrons. The lowest BCUT2D eigenvalue weighted by Gasteiger charge is -2.09. The third kappa shape index (κ3) is 5.33. The smallest absolute Gasteiger partial charge is 0.271 e. The standard InChI is InChI=1S/C20H11Cl2F2N3O4/c21-15-8-12(1-3-17(15)23)25-19(28)10-5-11(7-14(6-10)27(30)31)20(29)26-13-2-4-18(24)16(22)9-13/h1-9H,(H,25,28)(H,26,29). The highest BCUT2D eigenvalue weighted by molar-refractivity contribution is 6.31. The van der Waals surface area contributed by atoms with Crippen molar-refractivity contribution in [2.45, 2.75) is 0 Å². The lowest BCUT2D eigenvalue weighted by Crippen LogP contribution is -2.16. The van der Waals surface area contributed by atoms with Crippen LogP contribution < -0.4 is 10.6 Å². The molecule has 11 heteroatoms. The number of nitrogens with one attached hydrogen (secondary N) is 2. The molecule has 0 heterocycles. The van der Waals surface area contributed by atoms with Crippen molar-refractivity contribution in [2.75, 3.05) is 10.6 Å². The number of amides is 2. The van der Waals surface area contributed by atoms with Gasteiger partial charge in [0.1, 0.15) is 11.6 Å². The highest BCUT2D eigenvalue weighted by Gasteiger charge is 2.19. The Morgan fingerprint density at radius 3 is 1.55 bits per heavy atom. The van der Waals surface area contributed by atoms with Crippen LogP contribution in [0.15, 0.2) is 54.6 Å². The second kappa shape index (κ2) is 9.07. The monoisotopic (exact) mass is 465 g/mol. The molecule has 3 aromatic rings. The Morgan fingerprint density at radius 1 is 0.774 bits per heavy atom. The summed E-state index contributed by atoms with van der Waals surface area (Å²) in [7, 11) is 0. The Bertz CT molecular complexity index is 1140. The number of hydrogen-bond acceptors (Lipinski definition) is 4. The van der Waals surface area contributed by atoms with Gasteiger partial charge in [0, 0.05) is 34.6 Å². The molecule has 3 rings (SSSR count). The summed E-state index contributed by atoms with van der Waals surface area (Å²) >= 11 is 11.3. The molecule has 0 spiro atoms. The number of anilines is 2. The number of nitro benzene ring substituents is 1. The Labute approximate surface area is 183 Å². The molecular weight excluding hydrogens is 455 g/mol. The summed E-state index contributed by atoms with van der Waals surface area (Å²) in [4.78, 5) is 35.6. The molecule has 0 saturated carbocycles. The summed E-state index contributed by atoms with van der Waals surface area (Å²) in [5.41, 5.74) is -0.606. The lowest BCUT2D eigenvalue weighted by molar-refractivity contribution is -0.384. The van der Waals surface area contributed by atoms with E-state index >= 15 is 0 Å². The topological polar surface area (TPSA) is 101 Å². The van der Waals surface area contributed by atoms with Crippen LogP contribution >= 0.6 is 23.2 Å². The maximum Gasteiger partial charge on any atom is 0.271 e. The van der Waals surface area contributed by atoms with E-state index in [1.807, 2.05) is 0 Å². The van der Waals surface area contributed by atoms with E-state index in [-0.39, 0.29) is 32.5 Å². The second-order valence-corrected chi connectivity index (χ2v) is 7.01. The number of carbonyl (C=O) groups excluding carboxylic acids is 2. The summed E-state index contributed by atoms with van der Waals surface area (Å²) in [6, 6.07) is 10.0. The zero-order chi connectivity index (χ0) is 22.7. The van der Waals surface area contributed by atoms with Gasteiger partial charge in [0.2, 0.25) is 0 Å². The van der Waals surface area contributed by atoms with Gasteiger partial charge in [0.25, 0.3) is 17.5 Å². The summed E-state index contributed by atoms with van der Waals surface area (Å²) in [6.07, 6.45) is 0. The Balaban J connectivity index is 1.89. The summed E-state index contributed by atoms with van der Waals surface area (Å²) in [6.45, 7) is 0. The first kappa shape index (κ1) is 22.1. The summed E-state index contributed by atoms with van der Waals surface area (Å²) < 4.78 is 26.6. The van der Waals surface area contributed by atoms with Gasteiger partial charge in [-0.25, -0.2) is 8.78 Å². The number of carbonyl (C=O) groups is 2. The quantitative estimate of drug-likeness (QED) is 0.373. The van der Waals surface area contributed by atoms with Gasteiger partial charge >= 0.3 is 0 Å². The van der Waals surface area contributed by atoms with E-state index in [1.165, 1.54) is 12.1 Å². The fourth-order valence-electron chi connectivity index (χ4n) is 2.53. The van der Waals surface area contributed by atoms with E-state index < -0.39 is 34.1 Å². The van der Waals surface area contributed by atoms with Gasteiger partial charge in [0.05, 0.1) is 15.0 Å². The molecule has 31 heavy (non-hydrogen) atoms. The summed E-state index contributed by atoms with van der Waals surface area (Å²) in [5, 5.41) is 15.6. The first-order chi connectivity index (χ1) is 14.6. The van der Waals surface area contributed by atoms with E-state index in [9.17, 15) is 28.5 Å². The van der Waals surface area contributed by atoms with Crippen LogP contribution in [-0.2, 0) is 0 Å². The van der Waals surface area contributed by atoms with Crippen LogP contribution in [0.4, 0.5) is 25.8 Å². The van der Waals surface area contributed by atoms with E-state index in [2.05, 4.69) is 10.6 Å². The first-order valence-corrected chi connectivity index (χ1v) is 9.22. The van der Waals surface area contributed by atoms with E-state index in [4.69, 9.17) is 23.2 Å². The molecule has 0 aliphatic rings. The second-order valence-electron chi connectivity index (χ2n) is 6.19. The highest BCUT2D eigenvalue weighted by Crippen LogP contribution is 2.24. The van der Waals surface area contributed by atoms with Crippen LogP contribution in [0.5, 0.6) is 0 Å². The van der Waals surface area contributed by atoms with Gasteiger partial charge < -0.3 is 10.6 Å². The minimum absolute atomic E-state index is 0.148. The lowest BCUT2D eigenvalue weighted by atomic mass is 10.1. The van der Waals surface area contributed by atoms with Crippen LogP contribution in [0.1, 0.15) is 20.7 Å². The van der Waals surface area contributed by atoms with Crippen LogP contribution in [0.25, 0.3) is 0 Å². The van der Waals surface area contributed by atoms with Gasteiger partial charge in [-0.05, 0) is 42.5 Å². The minimum Gasteiger partial charge on any atom is -0.322 e. The zero-order valence-corrected chi connectivity index (χ0v) is 16.8. The SMILES string of the molecule is O=C(Nc1ccc(F)c(Cl)c1)c1cc(C(=O)Nc2ccc(F)c(Cl)c2)cc([N+](=O)[O-])c1. The number of halogens is 4. The first-order valence-electron chi connectivity index (χ1n) is 8.46. The van der Waals surface area contributed by atoms with Crippen molar-refractivity contribution in [3.8, 4) is 0 Å². The molecule has 0 atom stereocenters. The number of benzene rings is 3. The van der Waals surface area contributed by atoms with Crippen LogP contribution in [0, 0.1) is 21.7 Å².